The third-order valence-electron chi connectivity index (χ3n) is 0.872. The zero-order valence-electron chi connectivity index (χ0n) is 4.34. The summed E-state index contributed by atoms with van der Waals surface area (Å²) in [5, 5.41) is 6.70. The van der Waals surface area contributed by atoms with Crippen LogP contribution in [-0.2, 0) is 0 Å². The third kappa shape index (κ3) is 0.693. The number of nitrogens with two attached hydrogens (primary N) is 1. The van der Waals surface area contributed by atoms with Gasteiger partial charge in [0, 0.05) is 0 Å². The molecular weight excluding hydrogens is 124 g/mol. The van der Waals surface area contributed by atoms with Crippen LogP contribution in [0, 0.1) is 4.91 Å². The van der Waals surface area contributed by atoms with Crippen molar-refractivity contribution in [2.45, 2.75) is 0 Å². The highest BCUT2D eigenvalue weighted by Gasteiger charge is 2.04. The molecule has 0 bridgehead atoms. The minimum Gasteiger partial charge on any atom is -0.382 e. The summed E-state index contributed by atoms with van der Waals surface area (Å²) in [7, 11) is 0. The van der Waals surface area contributed by atoms with Crippen LogP contribution in [0.4, 0.5) is 11.5 Å². The molecule has 0 aliphatic heterocycles. The lowest BCUT2D eigenvalue weighted by Gasteiger charge is -1.77. The highest BCUT2D eigenvalue weighted by atomic mass is 16.3. The van der Waals surface area contributed by atoms with Crippen molar-refractivity contribution in [3.05, 3.63) is 15.3 Å². The van der Waals surface area contributed by atoms with Crippen molar-refractivity contribution in [1.29, 1.82) is 0 Å². The Balaban J connectivity index is 3.40. The van der Waals surface area contributed by atoms with Gasteiger partial charge >= 0.3 is 0 Å². The van der Waals surface area contributed by atoms with E-state index in [2.05, 4.69) is 15.4 Å². The van der Waals surface area contributed by atoms with Gasteiger partial charge in [0.15, 0.2) is 5.82 Å². The second-order valence-electron chi connectivity index (χ2n) is 1.43. The summed E-state index contributed by atoms with van der Waals surface area (Å²) in [5.74, 6) is -0.0324. The summed E-state index contributed by atoms with van der Waals surface area (Å²) in [5.41, 5.74) is 4.18. The Kier molecular flexibility index (Phi) is 1.07. The Morgan fingerprint density at radius 2 is 2.11 bits per heavy atom. The van der Waals surface area contributed by atoms with Crippen molar-refractivity contribution in [2.75, 3.05) is 5.73 Å². The summed E-state index contributed by atoms with van der Waals surface area (Å²) in [4.78, 5) is 20.1. The van der Waals surface area contributed by atoms with Crippen LogP contribution in [0.5, 0.6) is 0 Å². The fourth-order valence-electron chi connectivity index (χ4n) is 0.455. The molecule has 0 aliphatic rings. The molecule has 6 nitrogen and oxygen atoms in total. The molecule has 0 atom stereocenters. The SMILES string of the molecule is Nc1[nH][nH]c(=O)c1N=O. The van der Waals surface area contributed by atoms with Gasteiger partial charge in [0.2, 0.25) is 5.69 Å². The first-order valence-electron chi connectivity index (χ1n) is 2.15. The molecule has 0 aromatic carbocycles. The minimum absolute atomic E-state index is 0.0324. The number of aromatic nitrogens is 2. The van der Waals surface area contributed by atoms with Gasteiger partial charge in [-0.3, -0.25) is 15.0 Å². The zero-order valence-corrected chi connectivity index (χ0v) is 4.34. The fraction of sp³-hybridized carbons (Fsp3) is 0. The Morgan fingerprint density at radius 3 is 2.33 bits per heavy atom. The molecule has 0 radical (unpaired) electrons. The zero-order chi connectivity index (χ0) is 6.85. The van der Waals surface area contributed by atoms with Crippen molar-refractivity contribution in [1.82, 2.24) is 10.2 Å². The highest BCUT2D eigenvalue weighted by molar-refractivity contribution is 5.54. The van der Waals surface area contributed by atoms with Gasteiger partial charge in [-0.25, -0.2) is 0 Å². The smallest absolute Gasteiger partial charge is 0.295 e. The average Bonchev–Trinajstić information content (AvgIpc) is 2.12. The standard InChI is InChI=1S/C3H4N4O2/c4-2-1(7-9)3(8)6-5-2/h(H4,4,5,6,8). The topological polar surface area (TPSA) is 104 Å². The number of rotatable bonds is 1. The maximum Gasteiger partial charge on any atom is 0.295 e. The summed E-state index contributed by atoms with van der Waals surface area (Å²) in [6.07, 6.45) is 0. The number of hydrogen-bond acceptors (Lipinski definition) is 4. The maximum atomic E-state index is 10.4. The molecule has 1 rings (SSSR count). The van der Waals surface area contributed by atoms with E-state index >= 15 is 0 Å². The lowest BCUT2D eigenvalue weighted by molar-refractivity contribution is 1.06. The Labute approximate surface area is 49.0 Å². The van der Waals surface area contributed by atoms with Crippen LogP contribution in [0.1, 0.15) is 0 Å². The largest absolute Gasteiger partial charge is 0.382 e. The molecule has 0 unspecified atom stereocenters. The Morgan fingerprint density at radius 1 is 1.44 bits per heavy atom. The summed E-state index contributed by atoms with van der Waals surface area (Å²) >= 11 is 0. The molecular formula is C3H4N4O2. The molecule has 1 aromatic heterocycles. The summed E-state index contributed by atoms with van der Waals surface area (Å²) < 4.78 is 0. The van der Waals surface area contributed by atoms with Gasteiger partial charge in [-0.15, -0.1) is 4.91 Å². The summed E-state index contributed by atoms with van der Waals surface area (Å²) in [6, 6.07) is 0. The number of anilines is 1. The molecule has 4 N–H and O–H groups in total. The normalized spacial score (nSPS) is 9.33. The molecule has 0 saturated heterocycles. The first-order chi connectivity index (χ1) is 4.25. The van der Waals surface area contributed by atoms with Crippen LogP contribution in [0.15, 0.2) is 9.97 Å². The number of nitrogens with one attached hydrogen (secondary N) is 2. The quantitative estimate of drug-likeness (QED) is 0.451. The molecule has 9 heavy (non-hydrogen) atoms. The Bertz CT molecular complexity index is 272. The first-order valence-corrected chi connectivity index (χ1v) is 2.15. The van der Waals surface area contributed by atoms with E-state index in [-0.39, 0.29) is 11.5 Å². The van der Waals surface area contributed by atoms with Crippen LogP contribution in [0.25, 0.3) is 0 Å². The molecule has 0 amide bonds. The van der Waals surface area contributed by atoms with Crippen molar-refractivity contribution in [3.8, 4) is 0 Å². The number of hydrogen-bond donors (Lipinski definition) is 3. The second kappa shape index (κ2) is 1.73. The van der Waals surface area contributed by atoms with E-state index in [1.807, 2.05) is 0 Å². The monoisotopic (exact) mass is 128 g/mol. The van der Waals surface area contributed by atoms with Gasteiger partial charge in [-0.05, 0) is 5.18 Å². The number of nitrogen functional groups attached to an aromatic ring is 1. The van der Waals surface area contributed by atoms with Crippen molar-refractivity contribution >= 4 is 11.5 Å². The average molecular weight is 128 g/mol. The van der Waals surface area contributed by atoms with Gasteiger partial charge in [0.05, 0.1) is 0 Å². The molecule has 0 saturated carbocycles. The molecule has 1 aromatic rings. The first kappa shape index (κ1) is 5.54. The van der Waals surface area contributed by atoms with Crippen molar-refractivity contribution in [2.24, 2.45) is 5.18 Å². The van der Waals surface area contributed by atoms with Gasteiger partial charge in [-0.1, -0.05) is 0 Å². The van der Waals surface area contributed by atoms with Crippen LogP contribution < -0.4 is 11.3 Å². The van der Waals surface area contributed by atoms with E-state index < -0.39 is 5.56 Å². The van der Waals surface area contributed by atoms with Gasteiger partial charge in [0.1, 0.15) is 0 Å². The van der Waals surface area contributed by atoms with Crippen LogP contribution in [0.3, 0.4) is 0 Å². The predicted molar refractivity (Wildman–Crippen MR) is 31.3 cm³/mol. The van der Waals surface area contributed by atoms with E-state index in [0.29, 0.717) is 0 Å². The van der Waals surface area contributed by atoms with Gasteiger partial charge < -0.3 is 5.73 Å². The van der Waals surface area contributed by atoms with Gasteiger partial charge in [-0.2, -0.15) is 0 Å². The lowest BCUT2D eigenvalue weighted by Crippen LogP contribution is -1.96. The summed E-state index contributed by atoms with van der Waals surface area (Å²) in [6.45, 7) is 0. The number of nitrogens with zero attached hydrogens (tertiary/aromatic N) is 1. The van der Waals surface area contributed by atoms with Gasteiger partial charge in [0.25, 0.3) is 5.56 Å². The Hall–Kier alpha value is -1.59. The molecule has 0 fully saturated rings. The van der Waals surface area contributed by atoms with Crippen molar-refractivity contribution in [3.63, 3.8) is 0 Å². The maximum absolute atomic E-state index is 10.4. The van der Waals surface area contributed by atoms with E-state index in [0.717, 1.165) is 0 Å². The number of H-pyrrole nitrogens is 2. The van der Waals surface area contributed by atoms with Crippen LogP contribution in [-0.4, -0.2) is 10.2 Å². The van der Waals surface area contributed by atoms with Crippen LogP contribution in [0.2, 0.25) is 0 Å². The highest BCUT2D eigenvalue weighted by Crippen LogP contribution is 2.09. The molecule has 1 heterocycles. The number of nitroso groups, excluding NO2 is 1. The third-order valence-corrected chi connectivity index (χ3v) is 0.872. The molecule has 0 spiro atoms. The molecule has 6 heteroatoms. The second-order valence-corrected chi connectivity index (χ2v) is 1.43. The lowest BCUT2D eigenvalue weighted by atomic mass is 10.5. The minimum atomic E-state index is -0.595. The van der Waals surface area contributed by atoms with Crippen LogP contribution >= 0.6 is 0 Å². The molecule has 0 aliphatic carbocycles. The van der Waals surface area contributed by atoms with E-state index in [1.165, 1.54) is 0 Å². The van der Waals surface area contributed by atoms with E-state index in [4.69, 9.17) is 5.73 Å². The van der Waals surface area contributed by atoms with Crippen molar-refractivity contribution < 1.29 is 0 Å². The molecule has 48 valence electrons. The van der Waals surface area contributed by atoms with E-state index in [1.54, 1.807) is 0 Å². The number of aromatic amines is 2. The van der Waals surface area contributed by atoms with E-state index in [9.17, 15) is 9.70 Å². The predicted octanol–water partition coefficient (Wildman–Crippen LogP) is -0.317. The fourth-order valence-corrected chi connectivity index (χ4v) is 0.455.